The molecule has 10 nitrogen and oxygen atoms in total. The van der Waals surface area contributed by atoms with Gasteiger partial charge in [-0.25, -0.2) is 0 Å². The van der Waals surface area contributed by atoms with E-state index in [1.807, 2.05) is 0 Å². The fourth-order valence-electron chi connectivity index (χ4n) is 2.77. The average molecular weight is 389 g/mol. The van der Waals surface area contributed by atoms with E-state index in [-0.39, 0.29) is 5.91 Å². The fourth-order valence-corrected chi connectivity index (χ4v) is 2.77. The quantitative estimate of drug-likeness (QED) is 0.180. The number of ether oxygens (including phenoxy) is 2. The number of nitrogens with two attached hydrogens (primary N) is 1. The second kappa shape index (κ2) is 11.3. The van der Waals surface area contributed by atoms with Crippen LogP contribution in [0.4, 0.5) is 0 Å². The van der Waals surface area contributed by atoms with Gasteiger partial charge in [0.05, 0.1) is 12.6 Å². The molecule has 0 aromatic carbocycles. The van der Waals surface area contributed by atoms with Crippen molar-refractivity contribution in [3.63, 3.8) is 0 Å². The Kier molecular flexibility index (Phi) is 9.84. The molecular weight excluding hydrogens is 358 g/mol. The Morgan fingerprint density at radius 2 is 2.00 bits per heavy atom. The van der Waals surface area contributed by atoms with Crippen molar-refractivity contribution >= 4 is 11.8 Å². The van der Waals surface area contributed by atoms with Gasteiger partial charge in [-0.2, -0.15) is 0 Å². The number of hydrogen-bond donors (Lipinski definition) is 6. The van der Waals surface area contributed by atoms with Crippen molar-refractivity contribution < 1.29 is 34.4 Å². The molecule has 2 unspecified atom stereocenters. The second-order valence-electron chi connectivity index (χ2n) is 6.61. The van der Waals surface area contributed by atoms with Gasteiger partial charge in [-0.3, -0.25) is 9.59 Å². The zero-order valence-electron chi connectivity index (χ0n) is 15.8. The largest absolute Gasteiger partial charge is 0.394 e. The van der Waals surface area contributed by atoms with Crippen LogP contribution >= 0.6 is 0 Å². The summed E-state index contributed by atoms with van der Waals surface area (Å²) in [5.74, 6) is -0.737. The van der Waals surface area contributed by atoms with Crippen LogP contribution in [0.15, 0.2) is 12.2 Å². The van der Waals surface area contributed by atoms with Crippen LogP contribution in [0, 0.1) is 0 Å². The number of hydrogen-bond acceptors (Lipinski definition) is 8. The lowest BCUT2D eigenvalue weighted by molar-refractivity contribution is -0.258. The third-order valence-corrected chi connectivity index (χ3v) is 4.41. The zero-order valence-corrected chi connectivity index (χ0v) is 15.8. The predicted octanol–water partition coefficient (Wildman–Crippen LogP) is -2.25. The molecule has 0 spiro atoms. The first-order valence-electron chi connectivity index (χ1n) is 8.87. The van der Waals surface area contributed by atoms with Crippen LogP contribution in [0.3, 0.4) is 0 Å². The van der Waals surface area contributed by atoms with Gasteiger partial charge in [0.2, 0.25) is 11.8 Å². The van der Waals surface area contributed by atoms with Crippen LogP contribution in [-0.4, -0.2) is 84.1 Å². The molecule has 0 bridgehead atoms. The van der Waals surface area contributed by atoms with Gasteiger partial charge in [-0.15, -0.1) is 0 Å². The van der Waals surface area contributed by atoms with Gasteiger partial charge in [-0.05, 0) is 26.2 Å². The molecule has 1 aliphatic rings. The summed E-state index contributed by atoms with van der Waals surface area (Å²) in [6.07, 6.45) is -3.02. The van der Waals surface area contributed by atoms with Gasteiger partial charge in [-0.1, -0.05) is 6.58 Å². The molecule has 2 amide bonds. The summed E-state index contributed by atoms with van der Waals surface area (Å²) >= 11 is 0. The Morgan fingerprint density at radius 3 is 2.56 bits per heavy atom. The van der Waals surface area contributed by atoms with Crippen molar-refractivity contribution in [2.75, 3.05) is 20.3 Å². The summed E-state index contributed by atoms with van der Waals surface area (Å²) in [5.41, 5.74) is 6.29. The highest BCUT2D eigenvalue weighted by molar-refractivity contribution is 5.92. The Hall–Kier alpha value is -1.56. The third-order valence-electron chi connectivity index (χ3n) is 4.41. The maximum atomic E-state index is 12.3. The Balaban J connectivity index is 2.44. The number of rotatable bonds is 10. The molecule has 1 saturated heterocycles. The van der Waals surface area contributed by atoms with E-state index in [1.165, 1.54) is 7.11 Å². The number of nitrogens with one attached hydrogen (secondary N) is 2. The van der Waals surface area contributed by atoms with Gasteiger partial charge >= 0.3 is 0 Å². The maximum absolute atomic E-state index is 12.3. The Morgan fingerprint density at radius 1 is 1.33 bits per heavy atom. The van der Waals surface area contributed by atoms with Gasteiger partial charge in [0.1, 0.15) is 24.4 Å². The molecule has 27 heavy (non-hydrogen) atoms. The van der Waals surface area contributed by atoms with Crippen molar-refractivity contribution in [2.45, 2.75) is 62.9 Å². The van der Waals surface area contributed by atoms with Gasteiger partial charge in [0, 0.05) is 19.2 Å². The summed E-state index contributed by atoms with van der Waals surface area (Å²) in [4.78, 5) is 23.6. The maximum Gasteiger partial charge on any atom is 0.246 e. The van der Waals surface area contributed by atoms with Crippen molar-refractivity contribution in [1.82, 2.24) is 10.6 Å². The molecule has 0 aliphatic carbocycles. The minimum atomic E-state index is -1.45. The van der Waals surface area contributed by atoms with E-state index in [2.05, 4.69) is 17.2 Å². The number of methoxy groups -OCH3 is 1. The van der Waals surface area contributed by atoms with E-state index in [0.29, 0.717) is 31.4 Å². The van der Waals surface area contributed by atoms with E-state index >= 15 is 0 Å². The van der Waals surface area contributed by atoms with E-state index in [9.17, 15) is 19.8 Å². The van der Waals surface area contributed by atoms with Gasteiger partial charge < -0.3 is 41.2 Å². The van der Waals surface area contributed by atoms with Crippen molar-refractivity contribution in [3.8, 4) is 0 Å². The predicted molar refractivity (Wildman–Crippen MR) is 96.4 cm³/mol. The number of carbonyl (C=O) groups excluding carboxylic acids is 2. The van der Waals surface area contributed by atoms with E-state index in [0.717, 1.165) is 0 Å². The van der Waals surface area contributed by atoms with E-state index in [4.69, 9.17) is 20.3 Å². The minimum absolute atomic E-state index is 0.214. The monoisotopic (exact) mass is 389 g/mol. The summed E-state index contributed by atoms with van der Waals surface area (Å²) in [5, 5.41) is 34.5. The fraction of sp³-hybridized carbons (Fsp3) is 0.765. The highest BCUT2D eigenvalue weighted by Gasteiger charge is 2.45. The van der Waals surface area contributed by atoms with Crippen LogP contribution in [0.2, 0.25) is 0 Å². The Labute approximate surface area is 158 Å². The summed E-state index contributed by atoms with van der Waals surface area (Å²) in [6.45, 7) is 5.11. The number of aliphatic hydroxyl groups excluding tert-OH is 3. The highest BCUT2D eigenvalue weighted by Crippen LogP contribution is 2.22. The Bertz CT molecular complexity index is 517. The molecule has 6 atom stereocenters. The number of amides is 2. The van der Waals surface area contributed by atoms with Gasteiger partial charge in [0.15, 0.2) is 6.29 Å². The first-order chi connectivity index (χ1) is 12.7. The standard InChI is InChI=1S/C17H31N3O7/c1-9(2)15(23)19-7-5-4-6-10(18)16(24)20-12-14(26-3)13(22)11(8-21)27-17(12)25/h10-14,17,21-22,25H,1,4-8,18H2,2-3H3,(H,19,23)(H,20,24)/t10?,11-,12-,13-,14-,17?/m1/s1. The minimum Gasteiger partial charge on any atom is -0.394 e. The van der Waals surface area contributed by atoms with Crippen LogP contribution < -0.4 is 16.4 Å². The molecule has 1 rings (SSSR count). The van der Waals surface area contributed by atoms with Crippen molar-refractivity contribution in [2.24, 2.45) is 5.73 Å². The molecule has 1 aliphatic heterocycles. The lowest BCUT2D eigenvalue weighted by Crippen LogP contribution is -2.65. The van der Waals surface area contributed by atoms with Gasteiger partial charge in [0.25, 0.3) is 0 Å². The number of carbonyl (C=O) groups is 2. The molecule has 0 radical (unpaired) electrons. The molecule has 156 valence electrons. The average Bonchev–Trinajstić information content (AvgIpc) is 2.63. The first-order valence-corrected chi connectivity index (χ1v) is 8.87. The lowest BCUT2D eigenvalue weighted by atomic mass is 9.96. The summed E-state index contributed by atoms with van der Waals surface area (Å²) < 4.78 is 10.3. The molecule has 1 heterocycles. The smallest absolute Gasteiger partial charge is 0.246 e. The summed E-state index contributed by atoms with van der Waals surface area (Å²) in [7, 11) is 1.32. The third kappa shape index (κ3) is 6.83. The lowest BCUT2D eigenvalue weighted by Gasteiger charge is -2.42. The molecular formula is C17H31N3O7. The van der Waals surface area contributed by atoms with Crippen LogP contribution in [0.1, 0.15) is 26.2 Å². The molecule has 1 fully saturated rings. The molecule has 0 aromatic heterocycles. The van der Waals surface area contributed by atoms with Crippen LogP contribution in [-0.2, 0) is 19.1 Å². The number of unbranched alkanes of at least 4 members (excludes halogenated alkanes) is 1. The highest BCUT2D eigenvalue weighted by atomic mass is 16.6. The van der Waals surface area contributed by atoms with E-state index in [1.54, 1.807) is 6.92 Å². The summed E-state index contributed by atoms with van der Waals surface area (Å²) in [6, 6.07) is -1.86. The number of aliphatic hydroxyl groups is 3. The van der Waals surface area contributed by atoms with Crippen molar-refractivity contribution in [1.29, 1.82) is 0 Å². The van der Waals surface area contributed by atoms with Crippen LogP contribution in [0.25, 0.3) is 0 Å². The van der Waals surface area contributed by atoms with Crippen molar-refractivity contribution in [3.05, 3.63) is 12.2 Å². The topological polar surface area (TPSA) is 163 Å². The molecule has 0 aromatic rings. The SMILES string of the molecule is C=C(C)C(=O)NCCCCC(N)C(=O)N[C@H]1C(O)O[C@H](CO)[C@@H](O)[C@@H]1OC. The normalized spacial score (nSPS) is 29.0. The molecule has 10 heteroatoms. The second-order valence-corrected chi connectivity index (χ2v) is 6.61. The first kappa shape index (κ1) is 23.5. The zero-order chi connectivity index (χ0) is 20.6. The molecule has 7 N–H and O–H groups in total. The van der Waals surface area contributed by atoms with E-state index < -0.39 is 49.2 Å². The molecule has 0 saturated carbocycles. The van der Waals surface area contributed by atoms with Crippen LogP contribution in [0.5, 0.6) is 0 Å².